The fraction of sp³-hybridized carbons (Fsp3) is 0.286. The van der Waals surface area contributed by atoms with Crippen molar-refractivity contribution in [2.75, 3.05) is 0 Å². The quantitative estimate of drug-likeness (QED) is 0.734. The number of halogens is 2. The molecule has 0 unspecified atom stereocenters. The third-order valence-corrected chi connectivity index (χ3v) is 3.97. The number of aromatic amines is 1. The zero-order chi connectivity index (χ0) is 15.1. The van der Waals surface area contributed by atoms with Gasteiger partial charge in [-0.2, -0.15) is 5.10 Å². The molecule has 0 atom stereocenters. The lowest BCUT2D eigenvalue weighted by Crippen LogP contribution is -2.03. The van der Waals surface area contributed by atoms with E-state index in [0.29, 0.717) is 10.5 Å². The van der Waals surface area contributed by atoms with Gasteiger partial charge in [-0.05, 0) is 30.8 Å². The van der Waals surface area contributed by atoms with Crippen LogP contribution in [-0.2, 0) is 13.5 Å². The van der Waals surface area contributed by atoms with E-state index in [-0.39, 0.29) is 5.02 Å². The van der Waals surface area contributed by atoms with E-state index in [1.54, 1.807) is 21.4 Å². The first-order valence-electron chi connectivity index (χ1n) is 6.65. The Balaban J connectivity index is 2.35. The lowest BCUT2D eigenvalue weighted by molar-refractivity contribution is 0.617. The summed E-state index contributed by atoms with van der Waals surface area (Å²) in [6, 6.07) is 4.86. The zero-order valence-electron chi connectivity index (χ0n) is 11.7. The van der Waals surface area contributed by atoms with E-state index < -0.39 is 5.82 Å². The van der Waals surface area contributed by atoms with Crippen molar-refractivity contribution in [2.45, 2.75) is 19.8 Å². The van der Waals surface area contributed by atoms with Gasteiger partial charge in [-0.1, -0.05) is 31.0 Å². The fourth-order valence-electron chi connectivity index (χ4n) is 2.51. The largest absolute Gasteiger partial charge is 0.327 e. The second kappa shape index (κ2) is 5.27. The highest BCUT2D eigenvalue weighted by atomic mass is 35.5. The third-order valence-electron chi connectivity index (χ3n) is 3.40. The predicted octanol–water partition coefficient (Wildman–Crippen LogP) is 4.17. The van der Waals surface area contributed by atoms with Gasteiger partial charge in [0.15, 0.2) is 16.2 Å². The smallest absolute Gasteiger partial charge is 0.184 e. The number of imidazole rings is 1. The molecule has 7 heteroatoms. The summed E-state index contributed by atoms with van der Waals surface area (Å²) in [6.45, 7) is 2.09. The lowest BCUT2D eigenvalue weighted by atomic mass is 10.2. The van der Waals surface area contributed by atoms with Crippen LogP contribution in [0.5, 0.6) is 0 Å². The molecule has 110 valence electrons. The molecule has 0 aliphatic rings. The number of hydrogen-bond acceptors (Lipinski definition) is 2. The van der Waals surface area contributed by atoms with Gasteiger partial charge in [0.1, 0.15) is 5.52 Å². The number of aryl methyl sites for hydroxylation is 2. The van der Waals surface area contributed by atoms with E-state index in [0.717, 1.165) is 29.7 Å². The predicted molar refractivity (Wildman–Crippen MR) is 84.2 cm³/mol. The van der Waals surface area contributed by atoms with Crippen LogP contribution in [0.4, 0.5) is 4.39 Å². The SMILES string of the molecule is CCCc1nn(C)c2c1[nH]c(=S)n2-c1cccc(Cl)c1F. The first-order chi connectivity index (χ1) is 10.0. The first kappa shape index (κ1) is 14.3. The molecule has 0 aliphatic carbocycles. The first-order valence-corrected chi connectivity index (χ1v) is 7.44. The molecule has 3 aromatic rings. The van der Waals surface area contributed by atoms with Gasteiger partial charge in [-0.25, -0.2) is 9.07 Å². The van der Waals surface area contributed by atoms with E-state index in [1.165, 1.54) is 6.07 Å². The van der Waals surface area contributed by atoms with Gasteiger partial charge in [0.2, 0.25) is 0 Å². The van der Waals surface area contributed by atoms with Crippen molar-refractivity contribution in [2.24, 2.45) is 7.05 Å². The molecule has 0 radical (unpaired) electrons. The number of rotatable bonds is 3. The van der Waals surface area contributed by atoms with E-state index in [4.69, 9.17) is 23.8 Å². The number of aromatic nitrogens is 4. The van der Waals surface area contributed by atoms with Crippen molar-refractivity contribution in [3.8, 4) is 5.69 Å². The molecule has 21 heavy (non-hydrogen) atoms. The molecule has 1 aromatic carbocycles. The van der Waals surface area contributed by atoms with Gasteiger partial charge in [0, 0.05) is 7.05 Å². The minimum Gasteiger partial charge on any atom is -0.327 e. The summed E-state index contributed by atoms with van der Waals surface area (Å²) in [7, 11) is 1.82. The van der Waals surface area contributed by atoms with Gasteiger partial charge in [0.05, 0.1) is 16.4 Å². The van der Waals surface area contributed by atoms with Crippen LogP contribution in [-0.4, -0.2) is 19.3 Å². The van der Waals surface area contributed by atoms with Gasteiger partial charge in [-0.3, -0.25) is 4.57 Å². The molecular weight excluding hydrogens is 311 g/mol. The number of fused-ring (bicyclic) bond motifs is 1. The molecule has 3 rings (SSSR count). The van der Waals surface area contributed by atoms with Gasteiger partial charge >= 0.3 is 0 Å². The summed E-state index contributed by atoms with van der Waals surface area (Å²) in [6.07, 6.45) is 1.81. The van der Waals surface area contributed by atoms with Gasteiger partial charge in [0.25, 0.3) is 0 Å². The molecule has 4 nitrogen and oxygen atoms in total. The molecule has 2 heterocycles. The van der Waals surface area contributed by atoms with E-state index in [9.17, 15) is 4.39 Å². The topological polar surface area (TPSA) is 38.5 Å². The Bertz CT molecular complexity index is 877. The van der Waals surface area contributed by atoms with Crippen molar-refractivity contribution in [3.05, 3.63) is 39.5 Å². The number of nitrogens with one attached hydrogen (secondary N) is 1. The Hall–Kier alpha value is -1.66. The Kier molecular flexibility index (Phi) is 3.59. The van der Waals surface area contributed by atoms with Crippen molar-refractivity contribution < 1.29 is 4.39 Å². The van der Waals surface area contributed by atoms with Crippen molar-refractivity contribution in [1.82, 2.24) is 19.3 Å². The lowest BCUT2D eigenvalue weighted by Gasteiger charge is -2.07. The van der Waals surface area contributed by atoms with Crippen LogP contribution in [0.1, 0.15) is 19.0 Å². The number of hydrogen-bond donors (Lipinski definition) is 1. The molecule has 0 amide bonds. The molecule has 0 spiro atoms. The summed E-state index contributed by atoms with van der Waals surface area (Å²) in [5, 5.41) is 4.55. The zero-order valence-corrected chi connectivity index (χ0v) is 13.2. The molecule has 0 aliphatic heterocycles. The van der Waals surface area contributed by atoms with Crippen molar-refractivity contribution >= 4 is 35.0 Å². The Morgan fingerprint density at radius 2 is 2.19 bits per heavy atom. The second-order valence-electron chi connectivity index (χ2n) is 4.86. The van der Waals surface area contributed by atoms with Gasteiger partial charge in [-0.15, -0.1) is 0 Å². The maximum atomic E-state index is 14.3. The van der Waals surface area contributed by atoms with Gasteiger partial charge < -0.3 is 4.98 Å². The van der Waals surface area contributed by atoms with Crippen LogP contribution in [0.2, 0.25) is 5.02 Å². The summed E-state index contributed by atoms with van der Waals surface area (Å²) in [4.78, 5) is 3.13. The molecule has 1 N–H and O–H groups in total. The number of H-pyrrole nitrogens is 1. The van der Waals surface area contributed by atoms with E-state index in [1.807, 2.05) is 7.05 Å². The summed E-state index contributed by atoms with van der Waals surface area (Å²) in [5.74, 6) is -0.491. The van der Waals surface area contributed by atoms with Crippen LogP contribution in [0.25, 0.3) is 16.9 Å². The van der Waals surface area contributed by atoms with Crippen LogP contribution in [0.3, 0.4) is 0 Å². The van der Waals surface area contributed by atoms with Crippen LogP contribution >= 0.6 is 23.8 Å². The maximum Gasteiger partial charge on any atom is 0.184 e. The van der Waals surface area contributed by atoms with E-state index >= 15 is 0 Å². The Morgan fingerprint density at radius 3 is 2.90 bits per heavy atom. The standard InChI is InChI=1S/C14H14ClFN4S/c1-3-5-9-12-13(19(2)18-9)20(14(21)17-12)10-7-4-6-8(15)11(10)16/h4,6-7H,3,5H2,1-2H3,(H,17,21). The highest BCUT2D eigenvalue weighted by Gasteiger charge is 2.18. The highest BCUT2D eigenvalue weighted by molar-refractivity contribution is 7.71. The Morgan fingerprint density at radius 1 is 1.43 bits per heavy atom. The second-order valence-corrected chi connectivity index (χ2v) is 5.65. The molecule has 0 saturated carbocycles. The fourth-order valence-corrected chi connectivity index (χ4v) is 2.97. The molecule has 0 bridgehead atoms. The normalized spacial score (nSPS) is 11.4. The van der Waals surface area contributed by atoms with Crippen molar-refractivity contribution in [3.63, 3.8) is 0 Å². The van der Waals surface area contributed by atoms with Crippen LogP contribution < -0.4 is 0 Å². The van der Waals surface area contributed by atoms with Crippen molar-refractivity contribution in [1.29, 1.82) is 0 Å². The average Bonchev–Trinajstić information content (AvgIpc) is 2.92. The number of benzene rings is 1. The molecule has 2 aromatic heterocycles. The average molecular weight is 325 g/mol. The molecule has 0 fully saturated rings. The maximum absolute atomic E-state index is 14.3. The highest BCUT2D eigenvalue weighted by Crippen LogP contribution is 2.27. The minimum atomic E-state index is -0.491. The number of nitrogens with zero attached hydrogens (tertiary/aromatic N) is 3. The summed E-state index contributed by atoms with van der Waals surface area (Å²) >= 11 is 11.2. The third kappa shape index (κ3) is 2.18. The summed E-state index contributed by atoms with van der Waals surface area (Å²) < 4.78 is 18.1. The Labute approximate surface area is 131 Å². The van der Waals surface area contributed by atoms with E-state index in [2.05, 4.69) is 17.0 Å². The minimum absolute atomic E-state index is 0.0692. The molecule has 0 saturated heterocycles. The van der Waals surface area contributed by atoms with Crippen LogP contribution in [0.15, 0.2) is 18.2 Å². The van der Waals surface area contributed by atoms with Crippen LogP contribution in [0, 0.1) is 10.6 Å². The molecular formula is C14H14ClFN4S. The summed E-state index contributed by atoms with van der Waals surface area (Å²) in [5.41, 5.74) is 2.85. The monoisotopic (exact) mass is 324 g/mol.